The Hall–Kier alpha value is -2.56. The number of aromatic nitrogens is 1. The zero-order chi connectivity index (χ0) is 19.3. The summed E-state index contributed by atoms with van der Waals surface area (Å²) in [5, 5.41) is 1.25. The third kappa shape index (κ3) is 3.84. The molecule has 0 saturated heterocycles. The Balaban J connectivity index is 1.82. The molecular weight excluding hydrogens is 412 g/mol. The van der Waals surface area contributed by atoms with E-state index in [2.05, 4.69) is 51.2 Å². The number of nitrogens with two attached hydrogens (primary N) is 1. The van der Waals surface area contributed by atoms with Crippen molar-refractivity contribution >= 4 is 26.8 Å². The number of nitrogens with one attached hydrogen (secondary N) is 1. The molecule has 0 spiro atoms. The van der Waals surface area contributed by atoms with Crippen LogP contribution in [0.25, 0.3) is 22.2 Å². The lowest BCUT2D eigenvalue weighted by molar-refractivity contribution is 0.484. The number of para-hydroxylation sites is 3. The second kappa shape index (κ2) is 8.63. The predicted molar refractivity (Wildman–Crippen MR) is 120 cm³/mol. The van der Waals surface area contributed by atoms with Crippen molar-refractivity contribution in [3.05, 3.63) is 82.8 Å². The van der Waals surface area contributed by atoms with Crippen molar-refractivity contribution in [2.45, 2.75) is 19.3 Å². The van der Waals surface area contributed by atoms with Crippen LogP contribution >= 0.6 is 15.9 Å². The summed E-state index contributed by atoms with van der Waals surface area (Å²) in [5.41, 5.74) is 10.3. The molecule has 0 aliphatic heterocycles. The van der Waals surface area contributed by atoms with Crippen molar-refractivity contribution in [2.24, 2.45) is 5.73 Å². The van der Waals surface area contributed by atoms with E-state index in [9.17, 15) is 0 Å². The van der Waals surface area contributed by atoms with Crippen LogP contribution in [0.3, 0.4) is 0 Å². The average Bonchev–Trinajstić information content (AvgIpc) is 3.09. The van der Waals surface area contributed by atoms with Gasteiger partial charge in [0.05, 0.1) is 11.2 Å². The van der Waals surface area contributed by atoms with Crippen LogP contribution in [0.1, 0.15) is 18.4 Å². The number of unbranched alkanes of at least 4 members (excludes halogenated alkanes) is 1. The lowest BCUT2D eigenvalue weighted by Crippen LogP contribution is -1.99. The van der Waals surface area contributed by atoms with Crippen molar-refractivity contribution in [1.29, 1.82) is 0 Å². The molecule has 4 rings (SSSR count). The maximum Gasteiger partial charge on any atom is 0.136 e. The average molecular weight is 435 g/mol. The smallest absolute Gasteiger partial charge is 0.136 e. The number of fused-ring (bicyclic) bond motifs is 1. The van der Waals surface area contributed by atoms with E-state index in [1.165, 1.54) is 10.9 Å². The van der Waals surface area contributed by atoms with E-state index in [1.807, 2.05) is 42.5 Å². The summed E-state index contributed by atoms with van der Waals surface area (Å²) in [6.45, 7) is 0.717. The van der Waals surface area contributed by atoms with Gasteiger partial charge in [-0.1, -0.05) is 42.5 Å². The van der Waals surface area contributed by atoms with Crippen molar-refractivity contribution in [1.82, 2.24) is 4.98 Å². The molecule has 0 aliphatic carbocycles. The van der Waals surface area contributed by atoms with E-state index < -0.39 is 0 Å². The SMILES string of the molecule is NCCCCc1c(-c2ccccc2Oc2ccccc2)[nH]c2c(Br)cccc12. The molecule has 3 N–H and O–H groups in total. The van der Waals surface area contributed by atoms with Crippen LogP contribution in [0.4, 0.5) is 0 Å². The van der Waals surface area contributed by atoms with E-state index in [0.717, 1.165) is 58.6 Å². The highest BCUT2D eigenvalue weighted by Gasteiger charge is 2.17. The van der Waals surface area contributed by atoms with Crippen LogP contribution in [0.5, 0.6) is 11.5 Å². The summed E-state index contributed by atoms with van der Waals surface area (Å²) in [5.74, 6) is 1.67. The highest BCUT2D eigenvalue weighted by atomic mass is 79.9. The Morgan fingerprint density at radius 3 is 2.46 bits per heavy atom. The standard InChI is InChI=1S/C24H23BrN2O/c25-21-14-8-13-19-18(11-6-7-16-26)23(27-24(19)21)20-12-4-5-15-22(20)28-17-9-2-1-3-10-17/h1-5,8-10,12-15,27H,6-7,11,16,26H2. The van der Waals surface area contributed by atoms with Crippen LogP contribution in [-0.4, -0.2) is 11.5 Å². The first-order valence-electron chi connectivity index (χ1n) is 9.59. The normalized spacial score (nSPS) is 11.1. The minimum atomic E-state index is 0.717. The fraction of sp³-hybridized carbons (Fsp3) is 0.167. The molecule has 4 aromatic rings. The number of aromatic amines is 1. The van der Waals surface area contributed by atoms with Gasteiger partial charge in [-0.25, -0.2) is 0 Å². The lowest BCUT2D eigenvalue weighted by Gasteiger charge is -2.12. The highest BCUT2D eigenvalue weighted by Crippen LogP contribution is 2.39. The quantitative estimate of drug-likeness (QED) is 0.319. The fourth-order valence-corrected chi connectivity index (χ4v) is 4.02. The Morgan fingerprint density at radius 2 is 1.64 bits per heavy atom. The van der Waals surface area contributed by atoms with Gasteiger partial charge < -0.3 is 15.5 Å². The minimum Gasteiger partial charge on any atom is -0.457 e. The number of benzene rings is 3. The van der Waals surface area contributed by atoms with Gasteiger partial charge in [0.25, 0.3) is 0 Å². The van der Waals surface area contributed by atoms with Crippen LogP contribution in [0.2, 0.25) is 0 Å². The fourth-order valence-electron chi connectivity index (χ4n) is 3.55. The molecule has 0 fully saturated rings. The number of H-pyrrole nitrogens is 1. The maximum absolute atomic E-state index is 6.22. The number of rotatable bonds is 7. The van der Waals surface area contributed by atoms with E-state index in [4.69, 9.17) is 10.5 Å². The second-order valence-corrected chi connectivity index (χ2v) is 7.65. The summed E-state index contributed by atoms with van der Waals surface area (Å²) < 4.78 is 7.29. The summed E-state index contributed by atoms with van der Waals surface area (Å²) >= 11 is 3.69. The first-order chi connectivity index (χ1) is 13.8. The molecule has 1 aromatic heterocycles. The van der Waals surface area contributed by atoms with Gasteiger partial charge in [-0.2, -0.15) is 0 Å². The Bertz CT molecular complexity index is 1070. The molecule has 3 nitrogen and oxygen atoms in total. The number of hydrogen-bond acceptors (Lipinski definition) is 2. The van der Waals surface area contributed by atoms with Crippen molar-refractivity contribution in [3.63, 3.8) is 0 Å². The van der Waals surface area contributed by atoms with Gasteiger partial charge in [0, 0.05) is 15.4 Å². The third-order valence-corrected chi connectivity index (χ3v) is 5.56. The molecule has 142 valence electrons. The van der Waals surface area contributed by atoms with Gasteiger partial charge in [0.2, 0.25) is 0 Å². The van der Waals surface area contributed by atoms with Gasteiger partial charge in [0.15, 0.2) is 0 Å². The van der Waals surface area contributed by atoms with E-state index in [1.54, 1.807) is 0 Å². The van der Waals surface area contributed by atoms with Crippen molar-refractivity contribution in [3.8, 4) is 22.8 Å². The van der Waals surface area contributed by atoms with E-state index in [0.29, 0.717) is 0 Å². The van der Waals surface area contributed by atoms with Crippen LogP contribution < -0.4 is 10.5 Å². The maximum atomic E-state index is 6.22. The summed E-state index contributed by atoms with van der Waals surface area (Å²) in [4.78, 5) is 3.64. The molecule has 0 amide bonds. The number of aryl methyl sites for hydroxylation is 1. The molecule has 0 saturated carbocycles. The molecule has 0 radical (unpaired) electrons. The molecule has 4 heteroatoms. The van der Waals surface area contributed by atoms with E-state index in [-0.39, 0.29) is 0 Å². The summed E-state index contributed by atoms with van der Waals surface area (Å²) in [6, 6.07) is 24.4. The highest BCUT2D eigenvalue weighted by molar-refractivity contribution is 9.10. The lowest BCUT2D eigenvalue weighted by atomic mass is 10.00. The van der Waals surface area contributed by atoms with Gasteiger partial charge in [-0.05, 0) is 77.6 Å². The Kier molecular flexibility index (Phi) is 5.79. The van der Waals surface area contributed by atoms with Crippen molar-refractivity contribution < 1.29 is 4.74 Å². The molecule has 3 aromatic carbocycles. The topological polar surface area (TPSA) is 51.0 Å². The van der Waals surface area contributed by atoms with Gasteiger partial charge in [-0.15, -0.1) is 0 Å². The minimum absolute atomic E-state index is 0.717. The molecule has 1 heterocycles. The monoisotopic (exact) mass is 434 g/mol. The molecule has 0 bridgehead atoms. The predicted octanol–water partition coefficient (Wildman–Crippen LogP) is 6.67. The van der Waals surface area contributed by atoms with Crippen LogP contribution in [0, 0.1) is 0 Å². The molecule has 0 atom stereocenters. The number of hydrogen-bond donors (Lipinski definition) is 2. The largest absolute Gasteiger partial charge is 0.457 e. The second-order valence-electron chi connectivity index (χ2n) is 6.80. The molecule has 28 heavy (non-hydrogen) atoms. The first-order valence-corrected chi connectivity index (χ1v) is 10.4. The Labute approximate surface area is 173 Å². The molecule has 0 aliphatic rings. The summed E-state index contributed by atoms with van der Waals surface area (Å²) in [7, 11) is 0. The van der Waals surface area contributed by atoms with Gasteiger partial charge in [0.1, 0.15) is 11.5 Å². The number of ether oxygens (including phenoxy) is 1. The van der Waals surface area contributed by atoms with E-state index >= 15 is 0 Å². The Morgan fingerprint density at radius 1 is 0.857 bits per heavy atom. The van der Waals surface area contributed by atoms with Crippen molar-refractivity contribution in [2.75, 3.05) is 6.54 Å². The van der Waals surface area contributed by atoms with Gasteiger partial charge in [-0.3, -0.25) is 0 Å². The van der Waals surface area contributed by atoms with Crippen LogP contribution in [-0.2, 0) is 6.42 Å². The molecule has 0 unspecified atom stereocenters. The number of halogens is 1. The zero-order valence-corrected chi connectivity index (χ0v) is 17.2. The first kappa shape index (κ1) is 18.8. The zero-order valence-electron chi connectivity index (χ0n) is 15.6. The molecular formula is C24H23BrN2O. The summed E-state index contributed by atoms with van der Waals surface area (Å²) in [6.07, 6.45) is 3.05. The van der Waals surface area contributed by atoms with Gasteiger partial charge >= 0.3 is 0 Å². The third-order valence-electron chi connectivity index (χ3n) is 4.90. The van der Waals surface area contributed by atoms with Crippen LogP contribution in [0.15, 0.2) is 77.3 Å².